The Labute approximate surface area is 123 Å². The Morgan fingerprint density at radius 1 is 1.32 bits per heavy atom. The van der Waals surface area contributed by atoms with Gasteiger partial charge in [0.15, 0.2) is 0 Å². The van der Waals surface area contributed by atoms with Crippen LogP contribution in [0.3, 0.4) is 0 Å². The van der Waals surface area contributed by atoms with Gasteiger partial charge >= 0.3 is 0 Å². The number of hydrogen-bond acceptors (Lipinski definition) is 2. The van der Waals surface area contributed by atoms with Crippen molar-refractivity contribution in [1.29, 1.82) is 0 Å². The van der Waals surface area contributed by atoms with Crippen molar-refractivity contribution < 1.29 is 0 Å². The molecule has 0 aliphatic carbocycles. The van der Waals surface area contributed by atoms with Crippen LogP contribution in [0.4, 0.5) is 0 Å². The summed E-state index contributed by atoms with van der Waals surface area (Å²) in [7, 11) is 0. The first kappa shape index (κ1) is 14.4. The number of rotatable bonds is 5. The van der Waals surface area contributed by atoms with E-state index in [1.165, 1.54) is 0 Å². The second-order valence-electron chi connectivity index (χ2n) is 4.81. The second kappa shape index (κ2) is 6.42. The minimum Gasteiger partial charge on any atom is -0.333 e. The van der Waals surface area contributed by atoms with E-state index in [0.29, 0.717) is 22.6 Å². The molecule has 0 spiro atoms. The van der Waals surface area contributed by atoms with Crippen molar-refractivity contribution in [2.75, 3.05) is 0 Å². The summed E-state index contributed by atoms with van der Waals surface area (Å²) in [5.41, 5.74) is 2.06. The molecule has 1 aromatic heterocycles. The van der Waals surface area contributed by atoms with E-state index in [4.69, 9.17) is 23.2 Å². The first-order valence-electron chi connectivity index (χ1n) is 6.22. The van der Waals surface area contributed by atoms with Crippen molar-refractivity contribution in [1.82, 2.24) is 14.9 Å². The van der Waals surface area contributed by atoms with Crippen molar-refractivity contribution >= 4 is 23.2 Å². The molecule has 19 heavy (non-hydrogen) atoms. The van der Waals surface area contributed by atoms with Crippen LogP contribution in [0.5, 0.6) is 0 Å². The Morgan fingerprint density at radius 2 is 2.11 bits per heavy atom. The normalized spacial score (nSPS) is 11.2. The summed E-state index contributed by atoms with van der Waals surface area (Å²) in [4.78, 5) is 4.36. The highest BCUT2D eigenvalue weighted by Crippen LogP contribution is 2.21. The van der Waals surface area contributed by atoms with Crippen molar-refractivity contribution in [2.24, 2.45) is 0 Å². The molecule has 0 atom stereocenters. The Bertz CT molecular complexity index is 549. The maximum Gasteiger partial charge on any atom is 0.0953 e. The van der Waals surface area contributed by atoms with Crippen molar-refractivity contribution in [2.45, 2.75) is 33.0 Å². The van der Waals surface area contributed by atoms with E-state index in [0.717, 1.165) is 17.8 Å². The minimum absolute atomic E-state index is 0.454. The summed E-state index contributed by atoms with van der Waals surface area (Å²) >= 11 is 12.0. The van der Waals surface area contributed by atoms with Gasteiger partial charge < -0.3 is 9.88 Å². The highest BCUT2D eigenvalue weighted by atomic mass is 35.5. The van der Waals surface area contributed by atoms with E-state index in [1.807, 2.05) is 29.2 Å². The zero-order valence-corrected chi connectivity index (χ0v) is 12.5. The first-order chi connectivity index (χ1) is 9.04. The second-order valence-corrected chi connectivity index (χ2v) is 5.65. The van der Waals surface area contributed by atoms with Crippen LogP contribution in [-0.4, -0.2) is 15.6 Å². The van der Waals surface area contributed by atoms with Crippen molar-refractivity contribution in [3.8, 4) is 0 Å². The molecule has 0 saturated carbocycles. The van der Waals surface area contributed by atoms with Crippen LogP contribution in [-0.2, 0) is 13.1 Å². The van der Waals surface area contributed by atoms with Gasteiger partial charge in [-0.05, 0) is 17.7 Å². The number of aromatic nitrogens is 2. The van der Waals surface area contributed by atoms with Gasteiger partial charge in [-0.15, -0.1) is 0 Å². The zero-order chi connectivity index (χ0) is 13.8. The van der Waals surface area contributed by atoms with Gasteiger partial charge in [0.2, 0.25) is 0 Å². The van der Waals surface area contributed by atoms with Crippen LogP contribution in [0, 0.1) is 0 Å². The molecule has 1 heterocycles. The number of imidazole rings is 1. The number of benzene rings is 1. The molecule has 0 radical (unpaired) electrons. The highest BCUT2D eigenvalue weighted by molar-refractivity contribution is 6.35. The van der Waals surface area contributed by atoms with Gasteiger partial charge in [-0.2, -0.15) is 0 Å². The number of halogens is 2. The fraction of sp³-hybridized carbons (Fsp3) is 0.357. The molecule has 5 heteroatoms. The molecule has 1 aromatic carbocycles. The van der Waals surface area contributed by atoms with E-state index in [2.05, 4.69) is 24.1 Å². The van der Waals surface area contributed by atoms with Crippen LogP contribution in [0.1, 0.15) is 25.1 Å². The monoisotopic (exact) mass is 297 g/mol. The minimum atomic E-state index is 0.454. The number of hydrogen-bond donors (Lipinski definition) is 1. The molecule has 1 N–H and O–H groups in total. The third kappa shape index (κ3) is 4.23. The quantitative estimate of drug-likeness (QED) is 0.911. The molecular formula is C14H17Cl2N3. The Kier molecular flexibility index (Phi) is 4.86. The molecule has 2 rings (SSSR count). The average Bonchev–Trinajstić information content (AvgIpc) is 2.78. The summed E-state index contributed by atoms with van der Waals surface area (Å²) in [6.45, 7) is 5.71. The van der Waals surface area contributed by atoms with Gasteiger partial charge in [0.1, 0.15) is 0 Å². The Hall–Kier alpha value is -1.03. The molecule has 102 valence electrons. The smallest absolute Gasteiger partial charge is 0.0953 e. The molecule has 0 unspecified atom stereocenters. The molecule has 0 aliphatic heterocycles. The van der Waals surface area contributed by atoms with E-state index in [1.54, 1.807) is 6.07 Å². The largest absolute Gasteiger partial charge is 0.333 e. The molecule has 0 aliphatic rings. The lowest BCUT2D eigenvalue weighted by Crippen LogP contribution is -2.21. The number of nitrogens with one attached hydrogen (secondary N) is 1. The predicted molar refractivity (Wildman–Crippen MR) is 79.8 cm³/mol. The molecule has 2 aromatic rings. The first-order valence-corrected chi connectivity index (χ1v) is 6.98. The van der Waals surface area contributed by atoms with Crippen LogP contribution in [0.15, 0.2) is 30.7 Å². The van der Waals surface area contributed by atoms with Crippen LogP contribution in [0.25, 0.3) is 0 Å². The average molecular weight is 298 g/mol. The third-order valence-corrected chi connectivity index (χ3v) is 3.33. The highest BCUT2D eigenvalue weighted by Gasteiger charge is 2.04. The molecule has 0 fully saturated rings. The molecule has 0 saturated heterocycles. The lowest BCUT2D eigenvalue weighted by Gasteiger charge is -2.06. The van der Waals surface area contributed by atoms with Gasteiger partial charge in [-0.1, -0.05) is 43.1 Å². The van der Waals surface area contributed by atoms with Crippen LogP contribution in [0.2, 0.25) is 10.0 Å². The standard InChI is InChI=1S/C14H17Cl2N3/c1-10(2)17-6-13-8-19(9-18-13)7-11-3-4-12(15)5-14(11)16/h3-5,8-10,17H,6-7H2,1-2H3. The lowest BCUT2D eigenvalue weighted by molar-refractivity contribution is 0.582. The molecular weight excluding hydrogens is 281 g/mol. The van der Waals surface area contributed by atoms with Crippen molar-refractivity contribution in [3.05, 3.63) is 52.0 Å². The Morgan fingerprint density at radius 3 is 2.79 bits per heavy atom. The fourth-order valence-corrected chi connectivity index (χ4v) is 2.21. The van der Waals surface area contributed by atoms with Gasteiger partial charge in [-0.3, -0.25) is 0 Å². The summed E-state index contributed by atoms with van der Waals surface area (Å²) in [5, 5.41) is 4.68. The van der Waals surface area contributed by atoms with E-state index >= 15 is 0 Å². The SMILES string of the molecule is CC(C)NCc1cn(Cc2ccc(Cl)cc2Cl)cn1. The van der Waals surface area contributed by atoms with Crippen LogP contribution >= 0.6 is 23.2 Å². The summed E-state index contributed by atoms with van der Waals surface area (Å²) in [6.07, 6.45) is 3.85. The Balaban J connectivity index is 2.03. The predicted octanol–water partition coefficient (Wildman–Crippen LogP) is 3.74. The summed E-state index contributed by atoms with van der Waals surface area (Å²) in [5.74, 6) is 0. The van der Waals surface area contributed by atoms with Gasteiger partial charge in [-0.25, -0.2) is 4.98 Å². The van der Waals surface area contributed by atoms with Gasteiger partial charge in [0, 0.05) is 35.4 Å². The lowest BCUT2D eigenvalue weighted by atomic mass is 10.2. The summed E-state index contributed by atoms with van der Waals surface area (Å²) in [6, 6.07) is 6.00. The van der Waals surface area contributed by atoms with E-state index in [-0.39, 0.29) is 0 Å². The molecule has 0 amide bonds. The molecule has 3 nitrogen and oxygen atoms in total. The maximum atomic E-state index is 6.16. The van der Waals surface area contributed by atoms with Crippen molar-refractivity contribution in [3.63, 3.8) is 0 Å². The topological polar surface area (TPSA) is 29.9 Å². The van der Waals surface area contributed by atoms with Gasteiger partial charge in [0.25, 0.3) is 0 Å². The molecule has 0 bridgehead atoms. The number of nitrogens with zero attached hydrogens (tertiary/aromatic N) is 2. The third-order valence-electron chi connectivity index (χ3n) is 2.75. The summed E-state index contributed by atoms with van der Waals surface area (Å²) < 4.78 is 2.02. The fourth-order valence-electron chi connectivity index (χ4n) is 1.74. The van der Waals surface area contributed by atoms with E-state index < -0.39 is 0 Å². The maximum absolute atomic E-state index is 6.16. The zero-order valence-electron chi connectivity index (χ0n) is 11.0. The van der Waals surface area contributed by atoms with Crippen LogP contribution < -0.4 is 5.32 Å². The van der Waals surface area contributed by atoms with Gasteiger partial charge in [0.05, 0.1) is 12.0 Å². The van der Waals surface area contributed by atoms with E-state index in [9.17, 15) is 0 Å².